The summed E-state index contributed by atoms with van der Waals surface area (Å²) in [7, 11) is 0. The summed E-state index contributed by atoms with van der Waals surface area (Å²) in [5, 5.41) is 3.94. The number of para-hydroxylation sites is 1. The van der Waals surface area contributed by atoms with Gasteiger partial charge in [0.2, 0.25) is 0 Å². The first-order valence-corrected chi connectivity index (χ1v) is 8.20. The number of halogens is 1. The van der Waals surface area contributed by atoms with Gasteiger partial charge in [-0.25, -0.2) is 4.39 Å². The molecule has 1 amide bonds. The number of anilines is 1. The monoisotopic (exact) mass is 320 g/mol. The second-order valence-corrected chi connectivity index (χ2v) is 6.10. The molecule has 0 unspecified atom stereocenters. The van der Waals surface area contributed by atoms with Crippen molar-refractivity contribution < 1.29 is 9.18 Å². The van der Waals surface area contributed by atoms with E-state index in [0.717, 1.165) is 53.5 Å². The van der Waals surface area contributed by atoms with Gasteiger partial charge in [-0.05, 0) is 55.5 Å². The first-order valence-electron chi connectivity index (χ1n) is 8.20. The quantitative estimate of drug-likeness (QED) is 0.755. The number of benzene rings is 2. The summed E-state index contributed by atoms with van der Waals surface area (Å²) in [5.74, 6) is -0.706. The Labute approximate surface area is 139 Å². The maximum Gasteiger partial charge on any atom is 0.255 e. The van der Waals surface area contributed by atoms with Gasteiger partial charge in [-0.2, -0.15) is 0 Å². The van der Waals surface area contributed by atoms with Crippen LogP contribution in [0.5, 0.6) is 0 Å². The van der Waals surface area contributed by atoms with Crippen LogP contribution in [0.2, 0.25) is 0 Å². The summed E-state index contributed by atoms with van der Waals surface area (Å²) in [5.41, 5.74) is 4.21. The third kappa shape index (κ3) is 2.64. The largest absolute Gasteiger partial charge is 0.321 e. The topological polar surface area (TPSA) is 42.0 Å². The van der Waals surface area contributed by atoms with Gasteiger partial charge in [-0.3, -0.25) is 9.78 Å². The van der Waals surface area contributed by atoms with E-state index in [1.54, 1.807) is 12.1 Å². The number of fused-ring (bicyclic) bond motifs is 2. The standard InChI is InChI=1S/C20H17FN2O/c21-14-7-5-6-13(12-14)20(24)23-19-15-8-1-3-10-17(15)22-18-11-4-2-9-16(18)19/h1,3,5-8,10,12H,2,4,9,11H2,(H,22,23,24). The van der Waals surface area contributed by atoms with Crippen molar-refractivity contribution in [2.45, 2.75) is 25.7 Å². The summed E-state index contributed by atoms with van der Waals surface area (Å²) in [6.45, 7) is 0. The lowest BCUT2D eigenvalue weighted by molar-refractivity contribution is 0.102. The molecule has 0 aliphatic heterocycles. The van der Waals surface area contributed by atoms with Gasteiger partial charge < -0.3 is 5.32 Å². The number of hydrogen-bond acceptors (Lipinski definition) is 2. The molecule has 3 aromatic rings. The molecule has 1 N–H and O–H groups in total. The molecule has 1 heterocycles. The fourth-order valence-electron chi connectivity index (χ4n) is 3.33. The van der Waals surface area contributed by atoms with Crippen LogP contribution in [0.1, 0.15) is 34.5 Å². The molecule has 3 nitrogen and oxygen atoms in total. The van der Waals surface area contributed by atoms with Crippen molar-refractivity contribution in [2.75, 3.05) is 5.32 Å². The summed E-state index contributed by atoms with van der Waals surface area (Å²) in [4.78, 5) is 17.4. The number of hydrogen-bond donors (Lipinski definition) is 1. The van der Waals surface area contributed by atoms with Gasteiger partial charge in [0, 0.05) is 16.6 Å². The Bertz CT molecular complexity index is 936. The zero-order valence-corrected chi connectivity index (χ0v) is 13.2. The minimum absolute atomic E-state index is 0.293. The van der Waals surface area contributed by atoms with Gasteiger partial charge in [0.1, 0.15) is 5.82 Å². The van der Waals surface area contributed by atoms with Gasteiger partial charge in [0.05, 0.1) is 11.2 Å². The van der Waals surface area contributed by atoms with Crippen LogP contribution >= 0.6 is 0 Å². The van der Waals surface area contributed by atoms with E-state index < -0.39 is 5.82 Å². The predicted octanol–water partition coefficient (Wildman–Crippen LogP) is 4.51. The third-order valence-electron chi connectivity index (χ3n) is 4.49. The number of aryl methyl sites for hydroxylation is 1. The summed E-state index contributed by atoms with van der Waals surface area (Å²) < 4.78 is 13.4. The lowest BCUT2D eigenvalue weighted by atomic mass is 9.92. The maximum absolute atomic E-state index is 13.4. The van der Waals surface area contributed by atoms with Gasteiger partial charge in [0.15, 0.2) is 0 Å². The highest BCUT2D eigenvalue weighted by atomic mass is 19.1. The van der Waals surface area contributed by atoms with Crippen LogP contribution < -0.4 is 5.32 Å². The van der Waals surface area contributed by atoms with Gasteiger partial charge in [0.25, 0.3) is 5.91 Å². The Hall–Kier alpha value is -2.75. The van der Waals surface area contributed by atoms with Crippen LogP contribution in [-0.4, -0.2) is 10.9 Å². The van der Waals surface area contributed by atoms with Crippen LogP contribution in [-0.2, 0) is 12.8 Å². The van der Waals surface area contributed by atoms with E-state index in [-0.39, 0.29) is 5.91 Å². The minimum atomic E-state index is -0.413. The molecule has 1 aliphatic carbocycles. The average Bonchev–Trinajstić information content (AvgIpc) is 2.61. The number of aromatic nitrogens is 1. The van der Waals surface area contributed by atoms with E-state index in [9.17, 15) is 9.18 Å². The number of pyridine rings is 1. The normalized spacial score (nSPS) is 13.5. The predicted molar refractivity (Wildman–Crippen MR) is 92.7 cm³/mol. The summed E-state index contributed by atoms with van der Waals surface area (Å²) in [6, 6.07) is 13.6. The molecule has 0 fully saturated rings. The molecule has 0 saturated heterocycles. The van der Waals surface area contributed by atoms with Crippen molar-refractivity contribution in [1.82, 2.24) is 4.98 Å². The highest BCUT2D eigenvalue weighted by Crippen LogP contribution is 2.33. The molecule has 0 radical (unpaired) electrons. The lowest BCUT2D eigenvalue weighted by Crippen LogP contribution is -2.17. The fourth-order valence-corrected chi connectivity index (χ4v) is 3.33. The Morgan fingerprint density at radius 1 is 1.04 bits per heavy atom. The SMILES string of the molecule is O=C(Nc1c2c(nc3ccccc13)CCCC2)c1cccc(F)c1. The molecular formula is C20H17FN2O. The van der Waals surface area contributed by atoms with E-state index in [1.165, 1.54) is 12.1 Å². The summed E-state index contributed by atoms with van der Waals surface area (Å²) >= 11 is 0. The Morgan fingerprint density at radius 2 is 1.88 bits per heavy atom. The van der Waals surface area contributed by atoms with E-state index >= 15 is 0 Å². The molecule has 4 heteroatoms. The number of amides is 1. The second-order valence-electron chi connectivity index (χ2n) is 6.10. The summed E-state index contributed by atoms with van der Waals surface area (Å²) in [6.07, 6.45) is 4.06. The smallest absolute Gasteiger partial charge is 0.255 e. The maximum atomic E-state index is 13.4. The molecule has 24 heavy (non-hydrogen) atoms. The van der Waals surface area contributed by atoms with Crippen molar-refractivity contribution in [3.63, 3.8) is 0 Å². The number of nitrogens with one attached hydrogen (secondary N) is 1. The van der Waals surface area contributed by atoms with Crippen LogP contribution in [0.25, 0.3) is 10.9 Å². The van der Waals surface area contributed by atoms with Crippen molar-refractivity contribution in [2.24, 2.45) is 0 Å². The number of rotatable bonds is 2. The number of nitrogens with zero attached hydrogens (tertiary/aromatic N) is 1. The third-order valence-corrected chi connectivity index (χ3v) is 4.49. The van der Waals surface area contributed by atoms with Crippen LogP contribution in [0.4, 0.5) is 10.1 Å². The fraction of sp³-hybridized carbons (Fsp3) is 0.200. The Balaban J connectivity index is 1.81. The van der Waals surface area contributed by atoms with Crippen LogP contribution in [0.3, 0.4) is 0 Å². The molecular weight excluding hydrogens is 303 g/mol. The molecule has 2 aromatic carbocycles. The van der Waals surface area contributed by atoms with Crippen molar-refractivity contribution in [3.05, 3.63) is 71.2 Å². The molecule has 1 aromatic heterocycles. The highest BCUT2D eigenvalue weighted by molar-refractivity contribution is 6.09. The second kappa shape index (κ2) is 6.04. The van der Waals surface area contributed by atoms with E-state index in [2.05, 4.69) is 5.32 Å². The molecule has 0 spiro atoms. The molecule has 0 atom stereocenters. The molecule has 4 rings (SSSR count). The highest BCUT2D eigenvalue weighted by Gasteiger charge is 2.20. The van der Waals surface area contributed by atoms with Gasteiger partial charge in [-0.1, -0.05) is 24.3 Å². The van der Waals surface area contributed by atoms with Crippen molar-refractivity contribution in [1.29, 1.82) is 0 Å². The first-order chi connectivity index (χ1) is 11.7. The van der Waals surface area contributed by atoms with Crippen molar-refractivity contribution in [3.8, 4) is 0 Å². The number of carbonyl (C=O) groups is 1. The zero-order valence-electron chi connectivity index (χ0n) is 13.2. The van der Waals surface area contributed by atoms with Crippen LogP contribution in [0.15, 0.2) is 48.5 Å². The van der Waals surface area contributed by atoms with E-state index in [1.807, 2.05) is 24.3 Å². The van der Waals surface area contributed by atoms with Gasteiger partial charge in [-0.15, -0.1) is 0 Å². The minimum Gasteiger partial charge on any atom is -0.321 e. The zero-order chi connectivity index (χ0) is 16.5. The molecule has 0 bridgehead atoms. The Morgan fingerprint density at radius 3 is 2.75 bits per heavy atom. The lowest BCUT2D eigenvalue weighted by Gasteiger charge is -2.21. The van der Waals surface area contributed by atoms with Crippen molar-refractivity contribution >= 4 is 22.5 Å². The van der Waals surface area contributed by atoms with E-state index in [0.29, 0.717) is 5.56 Å². The Kier molecular flexibility index (Phi) is 3.73. The molecule has 120 valence electrons. The van der Waals surface area contributed by atoms with Crippen LogP contribution in [0, 0.1) is 5.82 Å². The average molecular weight is 320 g/mol. The van der Waals surface area contributed by atoms with Gasteiger partial charge >= 0.3 is 0 Å². The van der Waals surface area contributed by atoms with E-state index in [4.69, 9.17) is 4.98 Å². The molecule has 1 aliphatic rings. The first kappa shape index (κ1) is 14.8. The molecule has 0 saturated carbocycles. The number of carbonyl (C=O) groups excluding carboxylic acids is 1.